The summed E-state index contributed by atoms with van der Waals surface area (Å²) < 4.78 is 0. The van der Waals surface area contributed by atoms with Gasteiger partial charge in [0, 0.05) is 30.7 Å². The second kappa shape index (κ2) is 9.87. The van der Waals surface area contributed by atoms with Gasteiger partial charge in [0.05, 0.1) is 0 Å². The number of aryl methyl sites for hydroxylation is 1. The summed E-state index contributed by atoms with van der Waals surface area (Å²) in [5.74, 6) is 0.378. The van der Waals surface area contributed by atoms with Crippen molar-refractivity contribution in [3.8, 4) is 0 Å². The molecule has 4 rings (SSSR count). The van der Waals surface area contributed by atoms with Crippen molar-refractivity contribution < 1.29 is 4.79 Å². The highest BCUT2D eigenvalue weighted by atomic mass is 16.1. The molecule has 6 heteroatoms. The number of nitrogens with two attached hydrogens (primary N) is 2. The minimum absolute atomic E-state index is 0.303. The normalized spacial score (nSPS) is 16.8. The van der Waals surface area contributed by atoms with Crippen LogP contribution >= 0.6 is 0 Å². The molecule has 3 aromatic rings. The first-order valence-electron chi connectivity index (χ1n) is 10.3. The molecule has 0 bridgehead atoms. The lowest BCUT2D eigenvalue weighted by Crippen LogP contribution is -2.25. The molecular weight excluding hydrogens is 374 g/mol. The lowest BCUT2D eigenvalue weighted by atomic mass is 9.76. The molecule has 1 unspecified atom stereocenters. The van der Waals surface area contributed by atoms with Gasteiger partial charge in [-0.05, 0) is 60.4 Å². The quantitative estimate of drug-likeness (QED) is 0.578. The predicted octanol–water partition coefficient (Wildman–Crippen LogP) is 3.94. The Balaban J connectivity index is 0.000000239. The maximum absolute atomic E-state index is 10.4. The van der Waals surface area contributed by atoms with Crippen LogP contribution in [0.4, 0.5) is 11.5 Å². The molecule has 0 radical (unpaired) electrons. The first-order valence-corrected chi connectivity index (χ1v) is 10.3. The highest BCUT2D eigenvalue weighted by Crippen LogP contribution is 2.43. The van der Waals surface area contributed by atoms with E-state index in [9.17, 15) is 4.79 Å². The van der Waals surface area contributed by atoms with E-state index in [0.29, 0.717) is 11.1 Å². The highest BCUT2D eigenvalue weighted by molar-refractivity contribution is 5.90. The first kappa shape index (κ1) is 21.3. The Morgan fingerprint density at radius 3 is 2.57 bits per heavy atom. The molecule has 1 aliphatic rings. The van der Waals surface area contributed by atoms with E-state index in [1.54, 1.807) is 30.0 Å². The summed E-state index contributed by atoms with van der Waals surface area (Å²) in [6.45, 7) is 3.24. The van der Waals surface area contributed by atoms with Gasteiger partial charge in [0.15, 0.2) is 0 Å². The minimum atomic E-state index is -0.490. The van der Waals surface area contributed by atoms with Gasteiger partial charge in [0.25, 0.3) is 5.91 Å². The molecule has 2 aromatic heterocycles. The fourth-order valence-corrected chi connectivity index (χ4v) is 4.05. The van der Waals surface area contributed by atoms with E-state index in [4.69, 9.17) is 11.5 Å². The number of nitrogens with one attached hydrogen (secondary N) is 1. The zero-order chi connectivity index (χ0) is 21.4. The summed E-state index contributed by atoms with van der Waals surface area (Å²) in [6.07, 6.45) is 8.07. The molecule has 30 heavy (non-hydrogen) atoms. The number of anilines is 2. The molecule has 0 aliphatic heterocycles. The summed E-state index contributed by atoms with van der Waals surface area (Å²) in [5, 5.41) is 3.41. The summed E-state index contributed by atoms with van der Waals surface area (Å²) in [4.78, 5) is 18.4. The van der Waals surface area contributed by atoms with Gasteiger partial charge in [-0.2, -0.15) is 0 Å². The lowest BCUT2D eigenvalue weighted by molar-refractivity contribution is 0.0995. The number of benzene rings is 1. The first-order chi connectivity index (χ1) is 14.5. The zero-order valence-corrected chi connectivity index (χ0v) is 17.3. The van der Waals surface area contributed by atoms with Crippen LogP contribution in [0.5, 0.6) is 0 Å². The van der Waals surface area contributed by atoms with Crippen molar-refractivity contribution in [2.45, 2.75) is 38.0 Å². The number of fused-ring (bicyclic) bond motifs is 1. The molecule has 0 saturated carbocycles. The summed E-state index contributed by atoms with van der Waals surface area (Å²) in [7, 11) is 0. The van der Waals surface area contributed by atoms with Crippen LogP contribution in [0.15, 0.2) is 67.0 Å². The molecule has 0 saturated heterocycles. The maximum atomic E-state index is 10.4. The Bertz CT molecular complexity index is 976. The average molecular weight is 404 g/mol. The molecule has 1 aromatic carbocycles. The van der Waals surface area contributed by atoms with E-state index >= 15 is 0 Å². The SMILES string of the molecule is CCC1(CCNc2cc(N)ccn2)CCc2ccccc21.NC(=O)c1ccccn1. The summed E-state index contributed by atoms with van der Waals surface area (Å²) >= 11 is 0. The number of pyridine rings is 2. The number of carbonyl (C=O) groups is 1. The van der Waals surface area contributed by atoms with Crippen LogP contribution < -0.4 is 16.8 Å². The van der Waals surface area contributed by atoms with E-state index in [1.165, 1.54) is 31.0 Å². The van der Waals surface area contributed by atoms with Crippen molar-refractivity contribution in [2.75, 3.05) is 17.6 Å². The molecule has 2 heterocycles. The van der Waals surface area contributed by atoms with Crippen molar-refractivity contribution >= 4 is 17.4 Å². The maximum Gasteiger partial charge on any atom is 0.267 e. The highest BCUT2D eigenvalue weighted by Gasteiger charge is 2.36. The molecule has 156 valence electrons. The Morgan fingerprint density at radius 2 is 1.90 bits per heavy atom. The topological polar surface area (TPSA) is 107 Å². The smallest absolute Gasteiger partial charge is 0.267 e. The Hall–Kier alpha value is -3.41. The number of aromatic nitrogens is 2. The van der Waals surface area contributed by atoms with E-state index < -0.39 is 5.91 Å². The van der Waals surface area contributed by atoms with Crippen LogP contribution in [0, 0.1) is 0 Å². The Morgan fingerprint density at radius 1 is 1.10 bits per heavy atom. The van der Waals surface area contributed by atoms with Crippen LogP contribution in [0.25, 0.3) is 0 Å². The molecule has 1 amide bonds. The van der Waals surface area contributed by atoms with Crippen LogP contribution in [0.1, 0.15) is 47.8 Å². The predicted molar refractivity (Wildman–Crippen MR) is 121 cm³/mol. The third kappa shape index (κ3) is 5.14. The third-order valence-corrected chi connectivity index (χ3v) is 5.75. The van der Waals surface area contributed by atoms with Crippen molar-refractivity contribution in [1.29, 1.82) is 0 Å². The largest absolute Gasteiger partial charge is 0.399 e. The fraction of sp³-hybridized carbons (Fsp3) is 0.292. The number of nitrogen functional groups attached to an aromatic ring is 1. The van der Waals surface area contributed by atoms with Crippen LogP contribution in [0.3, 0.4) is 0 Å². The van der Waals surface area contributed by atoms with Crippen molar-refractivity contribution in [2.24, 2.45) is 5.73 Å². The van der Waals surface area contributed by atoms with Gasteiger partial charge in [-0.15, -0.1) is 0 Å². The molecule has 0 fully saturated rings. The fourth-order valence-electron chi connectivity index (χ4n) is 4.05. The van der Waals surface area contributed by atoms with E-state index in [2.05, 4.69) is 46.5 Å². The lowest BCUT2D eigenvalue weighted by Gasteiger charge is -2.29. The van der Waals surface area contributed by atoms with Gasteiger partial charge in [-0.1, -0.05) is 37.3 Å². The standard InChI is InChI=1S/C18H23N3.C6H6N2O/c1-2-18(9-7-14-5-3-4-6-16(14)18)10-12-21-17-13-15(19)8-11-20-17;7-6(9)5-3-1-2-4-8-5/h3-6,8,11,13H,2,7,9-10,12H2,1H3,(H3,19,20,21);1-4H,(H2,7,9). The molecule has 1 atom stereocenters. The molecule has 0 spiro atoms. The van der Waals surface area contributed by atoms with Gasteiger partial charge in [-0.3, -0.25) is 9.78 Å². The van der Waals surface area contributed by atoms with E-state index in [1.807, 2.05) is 12.1 Å². The Labute approximate surface area is 177 Å². The van der Waals surface area contributed by atoms with Crippen molar-refractivity contribution in [3.63, 3.8) is 0 Å². The van der Waals surface area contributed by atoms with Gasteiger partial charge < -0.3 is 16.8 Å². The molecule has 1 aliphatic carbocycles. The monoisotopic (exact) mass is 403 g/mol. The van der Waals surface area contributed by atoms with Gasteiger partial charge in [0.2, 0.25) is 0 Å². The molecular formula is C24H29N5O. The number of hydrogen-bond acceptors (Lipinski definition) is 5. The van der Waals surface area contributed by atoms with Gasteiger partial charge in [0.1, 0.15) is 11.5 Å². The molecule has 6 nitrogen and oxygen atoms in total. The second-order valence-corrected chi connectivity index (χ2v) is 7.52. The van der Waals surface area contributed by atoms with Gasteiger partial charge >= 0.3 is 0 Å². The zero-order valence-electron chi connectivity index (χ0n) is 17.3. The minimum Gasteiger partial charge on any atom is -0.399 e. The summed E-state index contributed by atoms with van der Waals surface area (Å²) in [5.41, 5.74) is 15.2. The van der Waals surface area contributed by atoms with Crippen LogP contribution in [-0.2, 0) is 11.8 Å². The number of primary amides is 1. The Kier molecular flexibility index (Phi) is 7.01. The second-order valence-electron chi connectivity index (χ2n) is 7.52. The van der Waals surface area contributed by atoms with Crippen molar-refractivity contribution in [3.05, 3.63) is 83.8 Å². The molecule has 5 N–H and O–H groups in total. The summed E-state index contributed by atoms with van der Waals surface area (Å²) in [6, 6.07) is 17.6. The third-order valence-electron chi connectivity index (χ3n) is 5.75. The van der Waals surface area contributed by atoms with Crippen LogP contribution in [-0.4, -0.2) is 22.4 Å². The number of carbonyl (C=O) groups excluding carboxylic acids is 1. The van der Waals surface area contributed by atoms with E-state index in [-0.39, 0.29) is 0 Å². The average Bonchev–Trinajstić information content (AvgIpc) is 3.14. The number of rotatable bonds is 6. The van der Waals surface area contributed by atoms with Gasteiger partial charge in [-0.25, -0.2) is 4.98 Å². The number of amides is 1. The van der Waals surface area contributed by atoms with Crippen molar-refractivity contribution in [1.82, 2.24) is 9.97 Å². The number of hydrogen-bond donors (Lipinski definition) is 3. The van der Waals surface area contributed by atoms with E-state index in [0.717, 1.165) is 24.5 Å². The van der Waals surface area contributed by atoms with Crippen LogP contribution in [0.2, 0.25) is 0 Å². The number of nitrogens with zero attached hydrogens (tertiary/aromatic N) is 2.